The Hall–Kier alpha value is -4.69. The zero-order chi connectivity index (χ0) is 26.2. The third-order valence-electron chi connectivity index (χ3n) is 5.37. The van der Waals surface area contributed by atoms with Crippen LogP contribution < -0.4 is 20.2 Å². The van der Waals surface area contributed by atoms with Gasteiger partial charge in [0.1, 0.15) is 11.5 Å². The van der Waals surface area contributed by atoms with Crippen molar-refractivity contribution in [3.63, 3.8) is 0 Å². The average molecular weight is 516 g/mol. The number of fused-ring (bicyclic) bond motifs is 1. The summed E-state index contributed by atoms with van der Waals surface area (Å²) in [6.45, 7) is -0.286. The number of hydrogen-bond donors (Lipinski definition) is 2. The fourth-order valence-corrected chi connectivity index (χ4v) is 3.71. The van der Waals surface area contributed by atoms with Gasteiger partial charge in [-0.15, -0.1) is 0 Å². The molecule has 2 amide bonds. The maximum atomic E-state index is 12.7. The van der Waals surface area contributed by atoms with Crippen molar-refractivity contribution in [1.82, 2.24) is 10.7 Å². The van der Waals surface area contributed by atoms with Gasteiger partial charge >= 0.3 is 5.97 Å². The lowest BCUT2D eigenvalue weighted by Gasteiger charge is -2.11. The van der Waals surface area contributed by atoms with E-state index in [1.54, 1.807) is 54.6 Å². The maximum Gasteiger partial charge on any atom is 0.345 e. The number of methoxy groups -OCH3 is 1. The quantitative estimate of drug-likeness (QED) is 0.154. The van der Waals surface area contributed by atoms with E-state index in [9.17, 15) is 14.4 Å². The minimum Gasteiger partial charge on any atom is -0.497 e. The second-order valence-corrected chi connectivity index (χ2v) is 8.18. The highest BCUT2D eigenvalue weighted by atomic mass is 35.5. The molecule has 37 heavy (non-hydrogen) atoms. The topological polar surface area (TPSA) is 106 Å². The largest absolute Gasteiger partial charge is 0.497 e. The Morgan fingerprint density at radius 3 is 2.41 bits per heavy atom. The molecule has 0 aliphatic carbocycles. The Morgan fingerprint density at radius 2 is 1.65 bits per heavy atom. The van der Waals surface area contributed by atoms with E-state index in [1.165, 1.54) is 13.3 Å². The minimum absolute atomic E-state index is 0.223. The van der Waals surface area contributed by atoms with Crippen LogP contribution in [-0.4, -0.2) is 37.7 Å². The van der Waals surface area contributed by atoms with E-state index >= 15 is 0 Å². The van der Waals surface area contributed by atoms with Crippen molar-refractivity contribution in [2.75, 3.05) is 13.7 Å². The number of esters is 1. The Balaban J connectivity index is 1.46. The number of nitrogens with one attached hydrogen (secondary N) is 2. The number of hydrogen-bond acceptors (Lipinski definition) is 6. The Morgan fingerprint density at radius 1 is 0.919 bits per heavy atom. The van der Waals surface area contributed by atoms with Gasteiger partial charge < -0.3 is 14.8 Å². The summed E-state index contributed by atoms with van der Waals surface area (Å²) >= 11 is 6.13. The molecule has 0 aliphatic heterocycles. The first-order chi connectivity index (χ1) is 18.0. The molecule has 0 fully saturated rings. The number of hydrazone groups is 1. The van der Waals surface area contributed by atoms with Crippen molar-refractivity contribution < 1.29 is 23.9 Å². The molecule has 0 spiro atoms. The molecular formula is C28H22ClN3O5. The molecule has 0 unspecified atom stereocenters. The normalized spacial score (nSPS) is 10.8. The number of benzene rings is 4. The highest BCUT2D eigenvalue weighted by molar-refractivity contribution is 6.33. The number of carbonyl (C=O) groups excluding carboxylic acids is 3. The first kappa shape index (κ1) is 25.4. The Labute approximate surface area is 217 Å². The molecule has 4 aromatic rings. The monoisotopic (exact) mass is 515 g/mol. The van der Waals surface area contributed by atoms with Crippen molar-refractivity contribution >= 4 is 46.4 Å². The standard InChI is InChI=1S/C28H22ClN3O5/c1-36-20-13-10-19(11-14-20)27(34)30-17-26(33)32-31-16-23-21-7-3-2-6-18(21)12-15-25(23)37-28(35)22-8-4-5-9-24(22)29/h2-16H,17H2,1H3,(H,30,34)(H,32,33). The van der Waals surface area contributed by atoms with Crippen LogP contribution in [0.4, 0.5) is 0 Å². The van der Waals surface area contributed by atoms with Gasteiger partial charge in [-0.25, -0.2) is 10.2 Å². The van der Waals surface area contributed by atoms with Crippen LogP contribution in [0.3, 0.4) is 0 Å². The third-order valence-corrected chi connectivity index (χ3v) is 5.70. The first-order valence-electron chi connectivity index (χ1n) is 11.2. The summed E-state index contributed by atoms with van der Waals surface area (Å²) in [7, 11) is 1.53. The second kappa shape index (κ2) is 11.8. The molecule has 8 nitrogen and oxygen atoms in total. The van der Waals surface area contributed by atoms with Crippen LogP contribution in [0.25, 0.3) is 10.8 Å². The average Bonchev–Trinajstić information content (AvgIpc) is 2.93. The van der Waals surface area contributed by atoms with Gasteiger partial charge in [-0.1, -0.05) is 54.1 Å². The van der Waals surface area contributed by atoms with Crippen LogP contribution in [0.1, 0.15) is 26.3 Å². The van der Waals surface area contributed by atoms with Crippen LogP contribution in [0.15, 0.2) is 90.0 Å². The van der Waals surface area contributed by atoms with Gasteiger partial charge in [-0.2, -0.15) is 5.10 Å². The van der Waals surface area contributed by atoms with Crippen LogP contribution in [0, 0.1) is 0 Å². The summed E-state index contributed by atoms with van der Waals surface area (Å²) in [4.78, 5) is 37.2. The lowest BCUT2D eigenvalue weighted by atomic mass is 10.0. The molecule has 0 aromatic heterocycles. The van der Waals surface area contributed by atoms with E-state index in [0.717, 1.165) is 10.8 Å². The van der Waals surface area contributed by atoms with Gasteiger partial charge in [0.05, 0.1) is 30.5 Å². The first-order valence-corrected chi connectivity index (χ1v) is 11.6. The van der Waals surface area contributed by atoms with Crippen molar-refractivity contribution in [2.45, 2.75) is 0 Å². The molecule has 0 radical (unpaired) electrons. The summed E-state index contributed by atoms with van der Waals surface area (Å²) in [6.07, 6.45) is 1.39. The summed E-state index contributed by atoms with van der Waals surface area (Å²) < 4.78 is 10.7. The van der Waals surface area contributed by atoms with Crippen molar-refractivity contribution in [3.05, 3.63) is 107 Å². The predicted octanol–water partition coefficient (Wildman–Crippen LogP) is 4.60. The summed E-state index contributed by atoms with van der Waals surface area (Å²) in [5, 5.41) is 8.46. The third kappa shape index (κ3) is 6.31. The summed E-state index contributed by atoms with van der Waals surface area (Å²) in [5.41, 5.74) is 3.47. The number of amides is 2. The van der Waals surface area contributed by atoms with Gasteiger partial charge in [-0.05, 0) is 53.2 Å². The second-order valence-electron chi connectivity index (χ2n) is 7.77. The van der Waals surface area contributed by atoms with Crippen LogP contribution in [0.2, 0.25) is 5.02 Å². The Kier molecular flexibility index (Phi) is 8.12. The number of carbonyl (C=O) groups is 3. The van der Waals surface area contributed by atoms with Crippen molar-refractivity contribution in [2.24, 2.45) is 5.10 Å². The van der Waals surface area contributed by atoms with Crippen molar-refractivity contribution in [1.29, 1.82) is 0 Å². The summed E-state index contributed by atoms with van der Waals surface area (Å²) in [5.74, 6) is -0.707. The molecular weight excluding hydrogens is 494 g/mol. The number of halogens is 1. The smallest absolute Gasteiger partial charge is 0.345 e. The zero-order valence-corrected chi connectivity index (χ0v) is 20.5. The molecule has 0 aliphatic rings. The maximum absolute atomic E-state index is 12.7. The van der Waals surface area contributed by atoms with E-state index in [-0.39, 0.29) is 22.9 Å². The highest BCUT2D eigenvalue weighted by Crippen LogP contribution is 2.28. The van der Waals surface area contributed by atoms with E-state index in [4.69, 9.17) is 21.1 Å². The van der Waals surface area contributed by atoms with Crippen LogP contribution in [0.5, 0.6) is 11.5 Å². The lowest BCUT2D eigenvalue weighted by molar-refractivity contribution is -0.120. The number of nitrogens with zero attached hydrogens (tertiary/aromatic N) is 1. The van der Waals surface area contributed by atoms with Gasteiger partial charge in [0.2, 0.25) is 0 Å². The van der Waals surface area contributed by atoms with Crippen molar-refractivity contribution in [3.8, 4) is 11.5 Å². The zero-order valence-electron chi connectivity index (χ0n) is 19.7. The molecule has 0 heterocycles. The molecule has 4 rings (SSSR count). The molecule has 9 heteroatoms. The van der Waals surface area contributed by atoms with Crippen LogP contribution >= 0.6 is 11.6 Å². The Bertz CT molecular complexity index is 1490. The fourth-order valence-electron chi connectivity index (χ4n) is 3.49. The fraction of sp³-hybridized carbons (Fsp3) is 0.0714. The summed E-state index contributed by atoms with van der Waals surface area (Å²) in [6, 6.07) is 24.0. The van der Waals surface area contributed by atoms with Gasteiger partial charge in [0, 0.05) is 11.1 Å². The molecule has 186 valence electrons. The lowest BCUT2D eigenvalue weighted by Crippen LogP contribution is -2.34. The van der Waals surface area contributed by atoms with Gasteiger partial charge in [0.25, 0.3) is 11.8 Å². The molecule has 0 saturated carbocycles. The molecule has 0 saturated heterocycles. The SMILES string of the molecule is COc1ccc(C(=O)NCC(=O)NN=Cc2c(OC(=O)c3ccccc3Cl)ccc3ccccc23)cc1. The van der Waals surface area contributed by atoms with Crippen LogP contribution in [-0.2, 0) is 4.79 Å². The molecule has 2 N–H and O–H groups in total. The molecule has 0 atom stereocenters. The number of rotatable bonds is 8. The van der Waals surface area contributed by atoms with E-state index < -0.39 is 17.8 Å². The minimum atomic E-state index is -0.624. The van der Waals surface area contributed by atoms with E-state index in [2.05, 4.69) is 15.8 Å². The van der Waals surface area contributed by atoms with Gasteiger partial charge in [0.15, 0.2) is 0 Å². The highest BCUT2D eigenvalue weighted by Gasteiger charge is 2.16. The van der Waals surface area contributed by atoms with Gasteiger partial charge in [-0.3, -0.25) is 9.59 Å². The van der Waals surface area contributed by atoms with E-state index in [1.807, 2.05) is 30.3 Å². The number of ether oxygens (including phenoxy) is 2. The predicted molar refractivity (Wildman–Crippen MR) is 141 cm³/mol. The van der Waals surface area contributed by atoms with E-state index in [0.29, 0.717) is 16.9 Å². The molecule has 4 aromatic carbocycles. The molecule has 0 bridgehead atoms.